The summed E-state index contributed by atoms with van der Waals surface area (Å²) in [5.41, 5.74) is 0.759. The maximum atomic E-state index is 13.0. The molecule has 0 spiro atoms. The summed E-state index contributed by atoms with van der Waals surface area (Å²) in [6.07, 6.45) is 0.158. The quantitative estimate of drug-likeness (QED) is 0.803. The highest BCUT2D eigenvalue weighted by atomic mass is 19.1. The van der Waals surface area contributed by atoms with Gasteiger partial charge in [-0.3, -0.25) is 4.79 Å². The van der Waals surface area contributed by atoms with Gasteiger partial charge in [0, 0.05) is 18.2 Å². The minimum atomic E-state index is -0.706. The normalized spacial score (nSPS) is 10.2. The number of esters is 1. The number of hydrogen-bond donors (Lipinski definition) is 0. The average Bonchev–Trinajstić information content (AvgIpc) is 2.39. The first-order valence-corrected chi connectivity index (χ1v) is 5.86. The number of halogens is 2. The van der Waals surface area contributed by atoms with E-state index in [2.05, 4.69) is 4.74 Å². The monoisotopic (exact) mass is 278 g/mol. The molecule has 3 nitrogen and oxygen atoms in total. The van der Waals surface area contributed by atoms with Crippen molar-refractivity contribution >= 4 is 5.97 Å². The highest BCUT2D eigenvalue weighted by Gasteiger charge is 2.05. The van der Waals surface area contributed by atoms with Crippen molar-refractivity contribution in [2.75, 3.05) is 7.11 Å². The summed E-state index contributed by atoms with van der Waals surface area (Å²) < 4.78 is 35.9. The molecule has 0 atom stereocenters. The van der Waals surface area contributed by atoms with Crippen molar-refractivity contribution in [2.45, 2.75) is 6.42 Å². The van der Waals surface area contributed by atoms with Crippen LogP contribution in [-0.4, -0.2) is 13.1 Å². The van der Waals surface area contributed by atoms with Gasteiger partial charge in [-0.1, -0.05) is 12.1 Å². The van der Waals surface area contributed by atoms with Crippen LogP contribution in [0.5, 0.6) is 11.5 Å². The van der Waals surface area contributed by atoms with Crippen LogP contribution < -0.4 is 4.74 Å². The van der Waals surface area contributed by atoms with Crippen LogP contribution in [-0.2, 0) is 16.0 Å². The molecular weight excluding hydrogens is 266 g/mol. The van der Waals surface area contributed by atoms with E-state index in [-0.39, 0.29) is 18.1 Å². The van der Waals surface area contributed by atoms with Crippen LogP contribution in [0.2, 0.25) is 0 Å². The molecule has 0 unspecified atom stereocenters. The number of carbonyl (C=O) groups excluding carboxylic acids is 1. The molecule has 0 bridgehead atoms. The van der Waals surface area contributed by atoms with Crippen LogP contribution in [0.3, 0.4) is 0 Å². The van der Waals surface area contributed by atoms with Gasteiger partial charge in [0.25, 0.3) is 0 Å². The lowest BCUT2D eigenvalue weighted by Crippen LogP contribution is -2.04. The second kappa shape index (κ2) is 6.14. The molecule has 0 saturated heterocycles. The number of rotatable bonds is 4. The van der Waals surface area contributed by atoms with Crippen LogP contribution >= 0.6 is 0 Å². The maximum Gasteiger partial charge on any atom is 0.309 e. The van der Waals surface area contributed by atoms with Gasteiger partial charge in [-0.15, -0.1) is 0 Å². The van der Waals surface area contributed by atoms with Crippen molar-refractivity contribution in [3.8, 4) is 11.5 Å². The van der Waals surface area contributed by atoms with Crippen molar-refractivity contribution in [3.63, 3.8) is 0 Å². The van der Waals surface area contributed by atoms with Gasteiger partial charge in [-0.25, -0.2) is 8.78 Å². The minimum Gasteiger partial charge on any atom is -0.469 e. The molecule has 0 N–H and O–H groups in total. The number of methoxy groups -OCH3 is 1. The molecule has 2 rings (SSSR count). The highest BCUT2D eigenvalue weighted by molar-refractivity contribution is 5.72. The van der Waals surface area contributed by atoms with Gasteiger partial charge < -0.3 is 9.47 Å². The molecule has 5 heteroatoms. The molecule has 20 heavy (non-hydrogen) atoms. The second-order valence-corrected chi connectivity index (χ2v) is 4.10. The van der Waals surface area contributed by atoms with Gasteiger partial charge in [-0.05, 0) is 17.7 Å². The van der Waals surface area contributed by atoms with E-state index < -0.39 is 11.6 Å². The van der Waals surface area contributed by atoms with Crippen LogP contribution in [0.15, 0.2) is 42.5 Å². The van der Waals surface area contributed by atoms with E-state index in [0.29, 0.717) is 5.75 Å². The van der Waals surface area contributed by atoms with Crippen LogP contribution in [0.1, 0.15) is 5.56 Å². The molecular formula is C15H12F2O3. The molecule has 0 aliphatic rings. The zero-order valence-corrected chi connectivity index (χ0v) is 10.7. The Kier molecular flexibility index (Phi) is 4.30. The Morgan fingerprint density at radius 3 is 2.15 bits per heavy atom. The summed E-state index contributed by atoms with van der Waals surface area (Å²) in [6, 6.07) is 9.54. The fourth-order valence-corrected chi connectivity index (χ4v) is 1.64. The fourth-order valence-electron chi connectivity index (χ4n) is 1.64. The van der Waals surface area contributed by atoms with E-state index in [4.69, 9.17) is 4.74 Å². The van der Waals surface area contributed by atoms with Crippen molar-refractivity contribution in [1.82, 2.24) is 0 Å². The van der Waals surface area contributed by atoms with Gasteiger partial charge in [0.15, 0.2) is 0 Å². The summed E-state index contributed by atoms with van der Waals surface area (Å²) in [6.45, 7) is 0. The van der Waals surface area contributed by atoms with Crippen LogP contribution in [0.25, 0.3) is 0 Å². The summed E-state index contributed by atoms with van der Waals surface area (Å²) in [7, 11) is 1.32. The molecule has 0 heterocycles. The third kappa shape index (κ3) is 3.78. The van der Waals surface area contributed by atoms with Crippen LogP contribution in [0, 0.1) is 11.6 Å². The van der Waals surface area contributed by atoms with Crippen molar-refractivity contribution in [2.24, 2.45) is 0 Å². The highest BCUT2D eigenvalue weighted by Crippen LogP contribution is 2.23. The standard InChI is InChI=1S/C15H12F2O3/c1-19-15(18)6-10-2-4-13(5-3-10)20-14-8-11(16)7-12(17)9-14/h2-5,7-9H,6H2,1H3. The molecule has 0 aliphatic heterocycles. The maximum absolute atomic E-state index is 13.0. The Morgan fingerprint density at radius 2 is 1.60 bits per heavy atom. The van der Waals surface area contributed by atoms with Gasteiger partial charge >= 0.3 is 5.97 Å². The summed E-state index contributed by atoms with van der Waals surface area (Å²) in [5.74, 6) is -1.26. The summed E-state index contributed by atoms with van der Waals surface area (Å²) >= 11 is 0. The summed E-state index contributed by atoms with van der Waals surface area (Å²) in [5, 5.41) is 0. The molecule has 2 aromatic rings. The average molecular weight is 278 g/mol. The molecule has 0 aliphatic carbocycles. The number of carbonyl (C=O) groups is 1. The molecule has 0 saturated carbocycles. The van der Waals surface area contributed by atoms with Crippen molar-refractivity contribution in [3.05, 3.63) is 59.7 Å². The Balaban J connectivity index is 2.08. The first kappa shape index (κ1) is 14.0. The fraction of sp³-hybridized carbons (Fsp3) is 0.133. The van der Waals surface area contributed by atoms with Gasteiger partial charge in [0.1, 0.15) is 23.1 Å². The Bertz CT molecular complexity index is 589. The van der Waals surface area contributed by atoms with E-state index in [0.717, 1.165) is 23.8 Å². The predicted molar refractivity (Wildman–Crippen MR) is 68.6 cm³/mol. The SMILES string of the molecule is COC(=O)Cc1ccc(Oc2cc(F)cc(F)c2)cc1. The van der Waals surface area contributed by atoms with E-state index in [1.54, 1.807) is 24.3 Å². The largest absolute Gasteiger partial charge is 0.469 e. The second-order valence-electron chi connectivity index (χ2n) is 4.10. The third-order valence-electron chi connectivity index (χ3n) is 2.57. The Hall–Kier alpha value is -2.43. The Morgan fingerprint density at radius 1 is 1.00 bits per heavy atom. The molecule has 104 valence electrons. The summed E-state index contributed by atoms with van der Waals surface area (Å²) in [4.78, 5) is 11.1. The molecule has 2 aromatic carbocycles. The van der Waals surface area contributed by atoms with Crippen molar-refractivity contribution < 1.29 is 23.0 Å². The molecule has 0 radical (unpaired) electrons. The molecule has 0 aromatic heterocycles. The number of ether oxygens (including phenoxy) is 2. The van der Waals surface area contributed by atoms with E-state index in [9.17, 15) is 13.6 Å². The lowest BCUT2D eigenvalue weighted by molar-refractivity contribution is -0.139. The van der Waals surface area contributed by atoms with E-state index in [1.165, 1.54) is 7.11 Å². The van der Waals surface area contributed by atoms with Gasteiger partial charge in [-0.2, -0.15) is 0 Å². The third-order valence-corrected chi connectivity index (χ3v) is 2.57. The predicted octanol–water partition coefficient (Wildman–Crippen LogP) is 3.47. The molecule has 0 amide bonds. The van der Waals surface area contributed by atoms with E-state index >= 15 is 0 Å². The zero-order valence-electron chi connectivity index (χ0n) is 10.7. The number of benzene rings is 2. The first-order valence-electron chi connectivity index (χ1n) is 5.86. The lowest BCUT2D eigenvalue weighted by Gasteiger charge is -2.07. The van der Waals surface area contributed by atoms with Gasteiger partial charge in [0.05, 0.1) is 13.5 Å². The van der Waals surface area contributed by atoms with Crippen LogP contribution in [0.4, 0.5) is 8.78 Å². The lowest BCUT2D eigenvalue weighted by atomic mass is 10.1. The minimum absolute atomic E-state index is 0.0724. The zero-order chi connectivity index (χ0) is 14.5. The smallest absolute Gasteiger partial charge is 0.309 e. The van der Waals surface area contributed by atoms with Gasteiger partial charge in [0.2, 0.25) is 0 Å². The number of hydrogen-bond acceptors (Lipinski definition) is 3. The van der Waals surface area contributed by atoms with Crippen molar-refractivity contribution in [1.29, 1.82) is 0 Å². The topological polar surface area (TPSA) is 35.5 Å². The first-order chi connectivity index (χ1) is 9.56. The van der Waals surface area contributed by atoms with E-state index in [1.807, 2.05) is 0 Å². The Labute approximate surface area is 114 Å². The molecule has 0 fully saturated rings.